The van der Waals surface area contributed by atoms with E-state index in [4.69, 9.17) is 11.6 Å². The fourth-order valence-electron chi connectivity index (χ4n) is 4.46. The van der Waals surface area contributed by atoms with Crippen LogP contribution in [0, 0.1) is 6.92 Å². The highest BCUT2D eigenvalue weighted by molar-refractivity contribution is 6.30. The Labute approximate surface area is 182 Å². The van der Waals surface area contributed by atoms with Crippen LogP contribution in [0.4, 0.5) is 11.4 Å². The summed E-state index contributed by atoms with van der Waals surface area (Å²) >= 11 is 6.15. The molecule has 0 saturated carbocycles. The Kier molecular flexibility index (Phi) is 5.23. The van der Waals surface area contributed by atoms with Gasteiger partial charge in [-0.15, -0.1) is 5.10 Å². The first-order valence-electron chi connectivity index (χ1n) is 10.6. The predicted octanol–water partition coefficient (Wildman–Crippen LogP) is 3.81. The molecule has 1 fully saturated rings. The lowest BCUT2D eigenvalue weighted by Crippen LogP contribution is -2.43. The molecule has 2 aliphatic heterocycles. The van der Waals surface area contributed by atoms with Gasteiger partial charge < -0.3 is 9.80 Å². The van der Waals surface area contributed by atoms with Crippen molar-refractivity contribution in [3.05, 3.63) is 58.7 Å². The van der Waals surface area contributed by atoms with Crippen LogP contribution in [0.3, 0.4) is 0 Å². The third-order valence-electron chi connectivity index (χ3n) is 6.19. The Morgan fingerprint density at radius 1 is 0.933 bits per heavy atom. The number of nitrogens with zero attached hydrogens (tertiary/aromatic N) is 6. The molecule has 5 rings (SSSR count). The summed E-state index contributed by atoms with van der Waals surface area (Å²) in [4.78, 5) is 7.32. The van der Waals surface area contributed by atoms with Gasteiger partial charge >= 0.3 is 0 Å². The second-order valence-corrected chi connectivity index (χ2v) is 8.74. The summed E-state index contributed by atoms with van der Waals surface area (Å²) in [6, 6.07) is 15.0. The fourth-order valence-corrected chi connectivity index (χ4v) is 4.58. The lowest BCUT2D eigenvalue weighted by Gasteiger charge is -2.32. The molecule has 0 radical (unpaired) electrons. The zero-order valence-electron chi connectivity index (χ0n) is 17.6. The maximum atomic E-state index is 6.15. The molecule has 0 bridgehead atoms. The topological polar surface area (TPSA) is 40.4 Å². The Morgan fingerprint density at radius 2 is 1.70 bits per heavy atom. The fraction of sp³-hybridized carbons (Fsp3) is 0.391. The SMILES string of the molecule is Cc1nnn2c1-c1ccc(CN3CCN(C)CC3)cc1N(c1ccc(Cl)cc1)CC2. The first kappa shape index (κ1) is 19.5. The summed E-state index contributed by atoms with van der Waals surface area (Å²) in [5.41, 5.74) is 6.98. The van der Waals surface area contributed by atoms with Gasteiger partial charge in [0, 0.05) is 55.5 Å². The van der Waals surface area contributed by atoms with E-state index in [9.17, 15) is 0 Å². The van der Waals surface area contributed by atoms with Crippen LogP contribution in [-0.4, -0.2) is 64.6 Å². The maximum Gasteiger partial charge on any atom is 0.0936 e. The molecule has 2 aromatic carbocycles. The van der Waals surface area contributed by atoms with Crippen molar-refractivity contribution >= 4 is 23.0 Å². The number of aryl methyl sites for hydroxylation is 1. The first-order chi connectivity index (χ1) is 14.6. The van der Waals surface area contributed by atoms with Crippen molar-refractivity contribution < 1.29 is 0 Å². The standard InChI is InChI=1S/C23H27ClN6/c1-17-23-21-8-3-18(16-28-11-9-27(2)10-12-28)15-22(21)29(13-14-30(23)26-25-17)20-6-4-19(24)5-7-20/h3-8,15H,9-14,16H2,1-2H3. The zero-order valence-corrected chi connectivity index (χ0v) is 18.3. The zero-order chi connectivity index (χ0) is 20.7. The van der Waals surface area contributed by atoms with Crippen molar-refractivity contribution in [3.8, 4) is 11.3 Å². The van der Waals surface area contributed by atoms with E-state index in [-0.39, 0.29) is 0 Å². The summed E-state index contributed by atoms with van der Waals surface area (Å²) < 4.78 is 2.03. The van der Waals surface area contributed by atoms with E-state index in [1.807, 2.05) is 23.7 Å². The average molecular weight is 423 g/mol. The monoisotopic (exact) mass is 422 g/mol. The molecular weight excluding hydrogens is 396 g/mol. The van der Waals surface area contributed by atoms with Crippen LogP contribution in [0.5, 0.6) is 0 Å². The van der Waals surface area contributed by atoms with Crippen molar-refractivity contribution in [2.24, 2.45) is 0 Å². The highest BCUT2D eigenvalue weighted by atomic mass is 35.5. The summed E-state index contributed by atoms with van der Waals surface area (Å²) in [5.74, 6) is 0. The molecule has 2 aliphatic rings. The van der Waals surface area contributed by atoms with Gasteiger partial charge in [-0.3, -0.25) is 4.90 Å². The van der Waals surface area contributed by atoms with Gasteiger partial charge in [0.2, 0.25) is 0 Å². The van der Waals surface area contributed by atoms with Crippen molar-refractivity contribution in [3.63, 3.8) is 0 Å². The summed E-state index contributed by atoms with van der Waals surface area (Å²) in [5, 5.41) is 9.48. The molecule has 3 heterocycles. The van der Waals surface area contributed by atoms with E-state index in [2.05, 4.69) is 62.4 Å². The molecule has 0 N–H and O–H groups in total. The third kappa shape index (κ3) is 3.71. The normalized spacial score (nSPS) is 17.5. The summed E-state index contributed by atoms with van der Waals surface area (Å²) in [6.45, 7) is 9.14. The first-order valence-corrected chi connectivity index (χ1v) is 10.9. The number of piperazine rings is 1. The van der Waals surface area contributed by atoms with Crippen LogP contribution >= 0.6 is 11.6 Å². The molecule has 0 aliphatic carbocycles. The third-order valence-corrected chi connectivity index (χ3v) is 6.44. The molecule has 30 heavy (non-hydrogen) atoms. The molecule has 1 saturated heterocycles. The molecular formula is C23H27ClN6. The molecule has 7 heteroatoms. The second-order valence-electron chi connectivity index (χ2n) is 8.31. The van der Waals surface area contributed by atoms with Gasteiger partial charge in [-0.1, -0.05) is 28.9 Å². The minimum Gasteiger partial charge on any atom is -0.339 e. The second kappa shape index (κ2) is 8.02. The van der Waals surface area contributed by atoms with Gasteiger partial charge in [0.05, 0.1) is 23.6 Å². The minimum absolute atomic E-state index is 0.755. The van der Waals surface area contributed by atoms with Crippen LogP contribution in [0.25, 0.3) is 11.3 Å². The molecule has 6 nitrogen and oxygen atoms in total. The average Bonchev–Trinajstić information content (AvgIpc) is 3.03. The van der Waals surface area contributed by atoms with Crippen LogP contribution in [0.2, 0.25) is 5.02 Å². The van der Waals surface area contributed by atoms with Crippen LogP contribution in [0.15, 0.2) is 42.5 Å². The number of fused-ring (bicyclic) bond motifs is 3. The molecule has 3 aromatic rings. The molecule has 0 spiro atoms. The predicted molar refractivity (Wildman–Crippen MR) is 121 cm³/mol. The van der Waals surface area contributed by atoms with Crippen molar-refractivity contribution in [2.75, 3.05) is 44.7 Å². The van der Waals surface area contributed by atoms with Crippen LogP contribution in [0.1, 0.15) is 11.3 Å². The minimum atomic E-state index is 0.755. The van der Waals surface area contributed by atoms with E-state index in [0.29, 0.717) is 0 Å². The van der Waals surface area contributed by atoms with E-state index in [1.165, 1.54) is 16.8 Å². The van der Waals surface area contributed by atoms with Crippen molar-refractivity contribution in [2.45, 2.75) is 20.0 Å². The molecule has 0 unspecified atom stereocenters. The van der Waals surface area contributed by atoms with Gasteiger partial charge in [-0.25, -0.2) is 4.68 Å². The van der Waals surface area contributed by atoms with Gasteiger partial charge in [0.1, 0.15) is 0 Å². The van der Waals surface area contributed by atoms with E-state index < -0.39 is 0 Å². The number of halogens is 1. The van der Waals surface area contributed by atoms with Crippen molar-refractivity contribution in [1.82, 2.24) is 24.8 Å². The number of likely N-dealkylation sites (N-methyl/N-ethyl adjacent to an activating group) is 1. The van der Waals surface area contributed by atoms with Gasteiger partial charge in [0.25, 0.3) is 0 Å². The number of anilines is 2. The van der Waals surface area contributed by atoms with Crippen LogP contribution in [-0.2, 0) is 13.1 Å². The van der Waals surface area contributed by atoms with Gasteiger partial charge in [0.15, 0.2) is 0 Å². The van der Waals surface area contributed by atoms with Crippen molar-refractivity contribution in [1.29, 1.82) is 0 Å². The Balaban J connectivity index is 1.55. The van der Waals surface area contributed by atoms with Crippen LogP contribution < -0.4 is 4.90 Å². The molecule has 0 atom stereocenters. The number of benzene rings is 2. The Bertz CT molecular complexity index is 1040. The molecule has 156 valence electrons. The maximum absolute atomic E-state index is 6.15. The van der Waals surface area contributed by atoms with E-state index in [1.54, 1.807) is 0 Å². The molecule has 1 aromatic heterocycles. The number of hydrogen-bond donors (Lipinski definition) is 0. The quantitative estimate of drug-likeness (QED) is 0.642. The van der Waals surface area contributed by atoms with E-state index >= 15 is 0 Å². The van der Waals surface area contributed by atoms with Gasteiger partial charge in [-0.2, -0.15) is 0 Å². The number of aromatic nitrogens is 3. The largest absolute Gasteiger partial charge is 0.339 e. The number of rotatable bonds is 3. The Morgan fingerprint density at radius 3 is 2.47 bits per heavy atom. The smallest absolute Gasteiger partial charge is 0.0936 e. The Hall–Kier alpha value is -2.41. The number of hydrogen-bond acceptors (Lipinski definition) is 5. The lowest BCUT2D eigenvalue weighted by atomic mass is 10.0. The van der Waals surface area contributed by atoms with E-state index in [0.717, 1.165) is 67.9 Å². The van der Waals surface area contributed by atoms with Gasteiger partial charge in [-0.05, 0) is 49.9 Å². The highest BCUT2D eigenvalue weighted by Crippen LogP contribution is 2.39. The highest BCUT2D eigenvalue weighted by Gasteiger charge is 2.25. The lowest BCUT2D eigenvalue weighted by molar-refractivity contribution is 0.148. The summed E-state index contributed by atoms with van der Waals surface area (Å²) in [6.07, 6.45) is 0. The summed E-state index contributed by atoms with van der Waals surface area (Å²) in [7, 11) is 2.20. The molecule has 0 amide bonds.